The van der Waals surface area contributed by atoms with Crippen LogP contribution in [0.25, 0.3) is 82.4 Å². The van der Waals surface area contributed by atoms with Gasteiger partial charge in [-0.3, -0.25) is 0 Å². The van der Waals surface area contributed by atoms with E-state index in [9.17, 15) is 0 Å². The van der Waals surface area contributed by atoms with Crippen LogP contribution >= 0.6 is 34.0 Å². The third-order valence-corrected chi connectivity index (χ3v) is 13.6. The molecule has 11 rings (SSSR count). The molecular weight excluding hydrogens is 663 g/mol. The first-order valence-electron chi connectivity index (χ1n) is 16.8. The van der Waals surface area contributed by atoms with Crippen molar-refractivity contribution in [1.29, 1.82) is 0 Å². The molecule has 3 heterocycles. The Morgan fingerprint density at radius 1 is 0.320 bits per heavy atom. The van der Waals surface area contributed by atoms with Crippen LogP contribution in [0.3, 0.4) is 0 Å². The van der Waals surface area contributed by atoms with Gasteiger partial charge in [0.1, 0.15) is 0 Å². The third kappa shape index (κ3) is 4.16. The molecule has 0 fully saturated rings. The van der Waals surface area contributed by atoms with Crippen molar-refractivity contribution in [2.45, 2.75) is 0 Å². The summed E-state index contributed by atoms with van der Waals surface area (Å²) in [6.45, 7) is 0. The first kappa shape index (κ1) is 28.3. The minimum absolute atomic E-state index is 1.14. The number of benzene rings is 8. The molecule has 0 aliphatic rings. The summed E-state index contributed by atoms with van der Waals surface area (Å²) in [5, 5.41) is 10.7. The summed E-state index contributed by atoms with van der Waals surface area (Å²) in [6, 6.07) is 60.3. The van der Waals surface area contributed by atoms with Crippen molar-refractivity contribution < 1.29 is 0 Å². The summed E-state index contributed by atoms with van der Waals surface area (Å²) in [4.78, 5) is 2.48. The van der Waals surface area contributed by atoms with Crippen LogP contribution in [0.15, 0.2) is 164 Å². The normalized spacial score (nSPS) is 12.0. The van der Waals surface area contributed by atoms with Crippen LogP contribution in [-0.2, 0) is 0 Å². The molecule has 0 unspecified atom stereocenters. The molecule has 0 radical (unpaired) electrons. The predicted octanol–water partition coefficient (Wildman–Crippen LogP) is 15.1. The molecule has 8 aromatic carbocycles. The number of fused-ring (bicyclic) bond motifs is 13. The van der Waals surface area contributed by atoms with Crippen molar-refractivity contribution in [3.63, 3.8) is 0 Å². The molecule has 0 saturated heterocycles. The summed E-state index contributed by atoms with van der Waals surface area (Å²) < 4.78 is 8.02. The van der Waals surface area contributed by atoms with Crippen LogP contribution in [-0.4, -0.2) is 0 Å². The van der Waals surface area contributed by atoms with Crippen LogP contribution in [0.4, 0.5) is 17.1 Å². The second-order valence-corrected chi connectivity index (χ2v) is 16.0. The predicted molar refractivity (Wildman–Crippen MR) is 223 cm³/mol. The van der Waals surface area contributed by atoms with Gasteiger partial charge < -0.3 is 4.90 Å². The van der Waals surface area contributed by atoms with Crippen LogP contribution < -0.4 is 4.90 Å². The standard InChI is InChI=1S/C46H27NS3/c1-2-11-28(12-3-1)29-21-23-30(24-22-29)47(31-25-26-33-32-13-6-8-18-38(32)48-41(33)27-31)37-17-10-20-40-44(37)42-34-14-4-5-15-35(34)45-43(46(42)50-40)36-16-7-9-19-39(36)49-45/h1-27H. The summed E-state index contributed by atoms with van der Waals surface area (Å²) in [6.07, 6.45) is 0. The van der Waals surface area contributed by atoms with E-state index in [-0.39, 0.29) is 0 Å². The zero-order chi connectivity index (χ0) is 32.8. The number of thiophene rings is 3. The second-order valence-electron chi connectivity index (χ2n) is 12.8. The first-order valence-corrected chi connectivity index (χ1v) is 19.3. The maximum Gasteiger partial charge on any atom is 0.0555 e. The smallest absolute Gasteiger partial charge is 0.0555 e. The molecule has 0 aliphatic carbocycles. The van der Waals surface area contributed by atoms with Crippen molar-refractivity contribution in [3.05, 3.63) is 164 Å². The highest BCUT2D eigenvalue weighted by Gasteiger charge is 2.23. The molecule has 3 aromatic heterocycles. The number of rotatable bonds is 4. The monoisotopic (exact) mass is 689 g/mol. The highest BCUT2D eigenvalue weighted by atomic mass is 32.1. The number of nitrogens with zero attached hydrogens (tertiary/aromatic N) is 1. The highest BCUT2D eigenvalue weighted by molar-refractivity contribution is 7.30. The Balaban J connectivity index is 1.23. The Morgan fingerprint density at radius 3 is 1.74 bits per heavy atom. The van der Waals surface area contributed by atoms with Gasteiger partial charge in [-0.2, -0.15) is 0 Å². The van der Waals surface area contributed by atoms with E-state index in [4.69, 9.17) is 0 Å². The number of anilines is 3. The van der Waals surface area contributed by atoms with Gasteiger partial charge in [-0.05, 0) is 65.0 Å². The van der Waals surface area contributed by atoms with Crippen LogP contribution in [0.2, 0.25) is 0 Å². The van der Waals surface area contributed by atoms with Gasteiger partial charge >= 0.3 is 0 Å². The van der Waals surface area contributed by atoms with Gasteiger partial charge in [0.15, 0.2) is 0 Å². The Labute approximate surface area is 300 Å². The van der Waals surface area contributed by atoms with E-state index in [1.54, 1.807) is 0 Å². The molecule has 1 nitrogen and oxygen atoms in total. The van der Waals surface area contributed by atoms with E-state index >= 15 is 0 Å². The Morgan fingerprint density at radius 2 is 0.920 bits per heavy atom. The SMILES string of the molecule is c1ccc(-c2ccc(N(c3ccc4c(c3)sc3ccccc34)c3cccc4sc5c6c7ccccc7sc6c6ccccc6c5c34)cc2)cc1. The molecule has 11 aromatic rings. The molecule has 50 heavy (non-hydrogen) atoms. The maximum absolute atomic E-state index is 2.48. The molecule has 4 heteroatoms. The molecule has 0 bridgehead atoms. The molecule has 0 N–H and O–H groups in total. The van der Waals surface area contributed by atoms with Crippen molar-refractivity contribution in [1.82, 2.24) is 0 Å². The summed E-state index contributed by atoms with van der Waals surface area (Å²) >= 11 is 5.73. The molecule has 234 valence electrons. The lowest BCUT2D eigenvalue weighted by Crippen LogP contribution is -2.10. The molecular formula is C46H27NS3. The van der Waals surface area contributed by atoms with E-state index in [2.05, 4.69) is 169 Å². The van der Waals surface area contributed by atoms with Gasteiger partial charge in [0.25, 0.3) is 0 Å². The van der Waals surface area contributed by atoms with E-state index < -0.39 is 0 Å². The molecule has 0 amide bonds. The average Bonchev–Trinajstić information content (AvgIpc) is 3.87. The fraction of sp³-hybridized carbons (Fsp3) is 0. The van der Waals surface area contributed by atoms with Gasteiger partial charge in [0.05, 0.1) is 5.69 Å². The average molecular weight is 690 g/mol. The summed E-state index contributed by atoms with van der Waals surface area (Å²) in [5.41, 5.74) is 5.94. The Hall–Kier alpha value is -5.52. The fourth-order valence-electron chi connectivity index (χ4n) is 7.82. The summed E-state index contributed by atoms with van der Waals surface area (Å²) in [5.74, 6) is 0. The van der Waals surface area contributed by atoms with Crippen molar-refractivity contribution >= 4 is 122 Å². The Kier molecular flexibility index (Phi) is 6.23. The number of hydrogen-bond donors (Lipinski definition) is 0. The quantitative estimate of drug-likeness (QED) is 0.178. The van der Waals surface area contributed by atoms with Gasteiger partial charge in [0, 0.05) is 77.3 Å². The zero-order valence-corrected chi connectivity index (χ0v) is 29.2. The molecule has 0 saturated carbocycles. The van der Waals surface area contributed by atoms with Crippen LogP contribution in [0.5, 0.6) is 0 Å². The highest BCUT2D eigenvalue weighted by Crippen LogP contribution is 2.52. The third-order valence-electron chi connectivity index (χ3n) is 10.1. The molecule has 0 atom stereocenters. The van der Waals surface area contributed by atoms with Crippen LogP contribution in [0.1, 0.15) is 0 Å². The topological polar surface area (TPSA) is 3.24 Å². The van der Waals surface area contributed by atoms with Gasteiger partial charge in [0.2, 0.25) is 0 Å². The Bertz CT molecular complexity index is 3090. The minimum Gasteiger partial charge on any atom is -0.310 e. The van der Waals surface area contributed by atoms with Crippen molar-refractivity contribution in [2.75, 3.05) is 4.90 Å². The van der Waals surface area contributed by atoms with Crippen molar-refractivity contribution in [2.24, 2.45) is 0 Å². The van der Waals surface area contributed by atoms with Gasteiger partial charge in [-0.1, -0.05) is 115 Å². The lowest BCUT2D eigenvalue weighted by Gasteiger charge is -2.27. The molecule has 0 aliphatic heterocycles. The maximum atomic E-state index is 2.48. The van der Waals surface area contributed by atoms with Crippen LogP contribution in [0, 0.1) is 0 Å². The number of hydrogen-bond acceptors (Lipinski definition) is 4. The van der Waals surface area contributed by atoms with E-state index in [0.717, 1.165) is 11.4 Å². The van der Waals surface area contributed by atoms with E-state index in [0.29, 0.717) is 0 Å². The molecule has 0 spiro atoms. The zero-order valence-electron chi connectivity index (χ0n) is 26.8. The summed E-state index contributed by atoms with van der Waals surface area (Å²) in [7, 11) is 0. The largest absolute Gasteiger partial charge is 0.310 e. The van der Waals surface area contributed by atoms with E-state index in [1.165, 1.54) is 88.1 Å². The second kappa shape index (κ2) is 11.0. The fourth-order valence-corrected chi connectivity index (χ4v) is 11.6. The minimum atomic E-state index is 1.14. The lowest BCUT2D eigenvalue weighted by atomic mass is 9.98. The van der Waals surface area contributed by atoms with E-state index in [1.807, 2.05) is 34.0 Å². The van der Waals surface area contributed by atoms with Gasteiger partial charge in [-0.15, -0.1) is 34.0 Å². The lowest BCUT2D eigenvalue weighted by molar-refractivity contribution is 1.31. The van der Waals surface area contributed by atoms with Gasteiger partial charge in [-0.25, -0.2) is 0 Å². The first-order chi connectivity index (χ1) is 24.8. The van der Waals surface area contributed by atoms with Crippen molar-refractivity contribution in [3.8, 4) is 11.1 Å².